The molecule has 0 saturated carbocycles. The van der Waals surface area contributed by atoms with Crippen LogP contribution in [0.2, 0.25) is 0 Å². The number of aliphatic carboxylic acids is 1. The van der Waals surface area contributed by atoms with Gasteiger partial charge >= 0.3 is 5.97 Å². The van der Waals surface area contributed by atoms with Crippen LogP contribution in [0.5, 0.6) is 0 Å². The standard InChI is InChI=1S/C10H12BrNO2/c1-7-5-8(11)6-12-9(7)3-2-4-10(13)14/h5-6H,2-4H2,1H3,(H,13,14). The summed E-state index contributed by atoms with van der Waals surface area (Å²) in [6.45, 7) is 1.98. The Hall–Kier alpha value is -0.900. The lowest BCUT2D eigenvalue weighted by Crippen LogP contribution is -1.99. The fourth-order valence-corrected chi connectivity index (χ4v) is 1.68. The molecule has 0 saturated heterocycles. The summed E-state index contributed by atoms with van der Waals surface area (Å²) >= 11 is 3.33. The summed E-state index contributed by atoms with van der Waals surface area (Å²) in [5.41, 5.74) is 2.08. The molecule has 0 spiro atoms. The summed E-state index contributed by atoms with van der Waals surface area (Å²) in [5, 5.41) is 8.48. The molecule has 0 bridgehead atoms. The summed E-state index contributed by atoms with van der Waals surface area (Å²) in [7, 11) is 0. The number of rotatable bonds is 4. The molecule has 0 aromatic carbocycles. The average Bonchev–Trinajstić information content (AvgIpc) is 2.08. The van der Waals surface area contributed by atoms with Crippen molar-refractivity contribution in [3.8, 4) is 0 Å². The van der Waals surface area contributed by atoms with Crippen molar-refractivity contribution in [1.82, 2.24) is 4.98 Å². The van der Waals surface area contributed by atoms with E-state index in [1.165, 1.54) is 0 Å². The number of nitrogens with zero attached hydrogens (tertiary/aromatic N) is 1. The van der Waals surface area contributed by atoms with Gasteiger partial charge in [-0.3, -0.25) is 9.78 Å². The van der Waals surface area contributed by atoms with Crippen LogP contribution in [0.3, 0.4) is 0 Å². The second kappa shape index (κ2) is 5.10. The van der Waals surface area contributed by atoms with Crippen LogP contribution in [0.1, 0.15) is 24.1 Å². The van der Waals surface area contributed by atoms with Crippen LogP contribution in [0.25, 0.3) is 0 Å². The molecule has 0 aliphatic carbocycles. The lowest BCUT2D eigenvalue weighted by Gasteiger charge is -2.03. The molecular formula is C10H12BrNO2. The van der Waals surface area contributed by atoms with E-state index < -0.39 is 5.97 Å². The SMILES string of the molecule is Cc1cc(Br)cnc1CCCC(=O)O. The van der Waals surface area contributed by atoms with Gasteiger partial charge in [-0.25, -0.2) is 0 Å². The maximum absolute atomic E-state index is 10.3. The van der Waals surface area contributed by atoms with E-state index >= 15 is 0 Å². The van der Waals surface area contributed by atoms with Crippen LogP contribution in [0, 0.1) is 6.92 Å². The molecule has 76 valence electrons. The van der Waals surface area contributed by atoms with Gasteiger partial charge in [0.25, 0.3) is 0 Å². The Morgan fingerprint density at radius 2 is 2.36 bits per heavy atom. The zero-order chi connectivity index (χ0) is 10.6. The Morgan fingerprint density at radius 1 is 1.64 bits per heavy atom. The first-order chi connectivity index (χ1) is 6.59. The fraction of sp³-hybridized carbons (Fsp3) is 0.400. The predicted octanol–water partition coefficient (Wildman–Crippen LogP) is 2.56. The van der Waals surface area contributed by atoms with Crippen LogP contribution in [0.4, 0.5) is 0 Å². The molecule has 0 unspecified atom stereocenters. The van der Waals surface area contributed by atoms with Crippen LogP contribution in [0.15, 0.2) is 16.7 Å². The van der Waals surface area contributed by atoms with Crippen molar-refractivity contribution < 1.29 is 9.90 Å². The minimum absolute atomic E-state index is 0.206. The first-order valence-corrected chi connectivity index (χ1v) is 5.21. The number of carbonyl (C=O) groups is 1. The normalized spacial score (nSPS) is 10.1. The number of aromatic nitrogens is 1. The molecule has 1 aromatic rings. The Kier molecular flexibility index (Phi) is 4.07. The van der Waals surface area contributed by atoms with Crippen molar-refractivity contribution >= 4 is 21.9 Å². The van der Waals surface area contributed by atoms with Gasteiger partial charge in [0, 0.05) is 22.8 Å². The summed E-state index contributed by atoms with van der Waals surface area (Å²) < 4.78 is 0.956. The number of carboxylic acids is 1. The monoisotopic (exact) mass is 257 g/mol. The van der Waals surface area contributed by atoms with Gasteiger partial charge < -0.3 is 5.11 Å². The van der Waals surface area contributed by atoms with Crippen molar-refractivity contribution in [3.05, 3.63) is 28.0 Å². The van der Waals surface area contributed by atoms with Gasteiger partial charge in [-0.2, -0.15) is 0 Å². The molecule has 1 heterocycles. The smallest absolute Gasteiger partial charge is 0.303 e. The molecule has 0 fully saturated rings. The molecule has 1 rings (SSSR count). The molecule has 0 aliphatic rings. The van der Waals surface area contributed by atoms with E-state index in [4.69, 9.17) is 5.11 Å². The number of aryl methyl sites for hydroxylation is 2. The van der Waals surface area contributed by atoms with Crippen molar-refractivity contribution in [2.24, 2.45) is 0 Å². The lowest BCUT2D eigenvalue weighted by molar-refractivity contribution is -0.137. The summed E-state index contributed by atoms with van der Waals surface area (Å²) in [4.78, 5) is 14.5. The van der Waals surface area contributed by atoms with E-state index in [1.54, 1.807) is 6.20 Å². The third-order valence-electron chi connectivity index (χ3n) is 1.96. The highest BCUT2D eigenvalue weighted by Crippen LogP contribution is 2.14. The second-order valence-electron chi connectivity index (χ2n) is 3.16. The molecule has 1 aromatic heterocycles. The number of hydrogen-bond acceptors (Lipinski definition) is 2. The molecule has 0 radical (unpaired) electrons. The van der Waals surface area contributed by atoms with E-state index in [2.05, 4.69) is 20.9 Å². The molecule has 3 nitrogen and oxygen atoms in total. The van der Waals surface area contributed by atoms with Crippen molar-refractivity contribution in [3.63, 3.8) is 0 Å². The van der Waals surface area contributed by atoms with Crippen LogP contribution < -0.4 is 0 Å². The molecule has 0 aliphatic heterocycles. The maximum Gasteiger partial charge on any atom is 0.303 e. The van der Waals surface area contributed by atoms with Gasteiger partial charge in [-0.05, 0) is 47.3 Å². The van der Waals surface area contributed by atoms with Gasteiger partial charge in [0.15, 0.2) is 0 Å². The van der Waals surface area contributed by atoms with Gasteiger partial charge in [-0.1, -0.05) is 0 Å². The van der Waals surface area contributed by atoms with Gasteiger partial charge in [0.1, 0.15) is 0 Å². The van der Waals surface area contributed by atoms with E-state index in [-0.39, 0.29) is 6.42 Å². The van der Waals surface area contributed by atoms with Crippen LogP contribution in [-0.4, -0.2) is 16.1 Å². The fourth-order valence-electron chi connectivity index (χ4n) is 1.24. The van der Waals surface area contributed by atoms with Crippen LogP contribution in [-0.2, 0) is 11.2 Å². The molecule has 0 amide bonds. The number of pyridine rings is 1. The van der Waals surface area contributed by atoms with E-state index in [9.17, 15) is 4.79 Å². The van der Waals surface area contributed by atoms with E-state index in [0.717, 1.165) is 22.2 Å². The second-order valence-corrected chi connectivity index (χ2v) is 4.08. The first-order valence-electron chi connectivity index (χ1n) is 4.42. The first kappa shape index (κ1) is 11.2. The van der Waals surface area contributed by atoms with E-state index in [0.29, 0.717) is 6.42 Å². The quantitative estimate of drug-likeness (QED) is 0.902. The average molecular weight is 258 g/mol. The minimum atomic E-state index is -0.750. The third kappa shape index (κ3) is 3.46. The number of carboxylic acid groups (broad SMARTS) is 1. The number of hydrogen-bond donors (Lipinski definition) is 1. The van der Waals surface area contributed by atoms with E-state index in [1.807, 2.05) is 13.0 Å². The zero-order valence-electron chi connectivity index (χ0n) is 7.96. The third-order valence-corrected chi connectivity index (χ3v) is 2.39. The predicted molar refractivity (Wildman–Crippen MR) is 57.2 cm³/mol. The molecule has 4 heteroatoms. The van der Waals surface area contributed by atoms with Gasteiger partial charge in [0.05, 0.1) is 0 Å². The Morgan fingerprint density at radius 3 is 2.93 bits per heavy atom. The van der Waals surface area contributed by atoms with Crippen molar-refractivity contribution in [1.29, 1.82) is 0 Å². The summed E-state index contributed by atoms with van der Waals surface area (Å²) in [6.07, 6.45) is 3.32. The minimum Gasteiger partial charge on any atom is -0.481 e. The van der Waals surface area contributed by atoms with Gasteiger partial charge in [-0.15, -0.1) is 0 Å². The Balaban J connectivity index is 2.55. The highest BCUT2D eigenvalue weighted by atomic mass is 79.9. The lowest BCUT2D eigenvalue weighted by atomic mass is 10.1. The largest absolute Gasteiger partial charge is 0.481 e. The Bertz CT molecular complexity index is 339. The molecule has 14 heavy (non-hydrogen) atoms. The zero-order valence-corrected chi connectivity index (χ0v) is 9.54. The van der Waals surface area contributed by atoms with Gasteiger partial charge in [0.2, 0.25) is 0 Å². The highest BCUT2D eigenvalue weighted by Gasteiger charge is 2.02. The van der Waals surface area contributed by atoms with Crippen molar-refractivity contribution in [2.45, 2.75) is 26.2 Å². The van der Waals surface area contributed by atoms with Crippen molar-refractivity contribution in [2.75, 3.05) is 0 Å². The van der Waals surface area contributed by atoms with Crippen LogP contribution >= 0.6 is 15.9 Å². The molecule has 0 atom stereocenters. The summed E-state index contributed by atoms with van der Waals surface area (Å²) in [5.74, 6) is -0.750. The highest BCUT2D eigenvalue weighted by molar-refractivity contribution is 9.10. The summed E-state index contributed by atoms with van der Waals surface area (Å²) in [6, 6.07) is 1.99. The Labute approximate surface area is 91.3 Å². The topological polar surface area (TPSA) is 50.2 Å². The molecular weight excluding hydrogens is 246 g/mol. The number of halogens is 1. The molecule has 1 N–H and O–H groups in total. The maximum atomic E-state index is 10.3.